The fourth-order valence-corrected chi connectivity index (χ4v) is 0.967. The molecule has 1 aliphatic rings. The summed E-state index contributed by atoms with van der Waals surface area (Å²) in [6, 6.07) is 0. The molecular weight excluding hydrogens is 188 g/mol. The van der Waals surface area contributed by atoms with E-state index in [-0.39, 0.29) is 12.5 Å². The van der Waals surface area contributed by atoms with Crippen LogP contribution < -0.4 is 11.5 Å². The summed E-state index contributed by atoms with van der Waals surface area (Å²) in [4.78, 5) is 19.6. The van der Waals surface area contributed by atoms with E-state index in [1.165, 1.54) is 5.06 Å². The molecule has 7 heteroatoms. The summed E-state index contributed by atoms with van der Waals surface area (Å²) in [6.07, 6.45) is 0. The van der Waals surface area contributed by atoms with Crippen molar-refractivity contribution in [1.82, 2.24) is 5.06 Å². The molecule has 1 rings (SSSR count). The van der Waals surface area contributed by atoms with Gasteiger partial charge in [0.1, 0.15) is 6.54 Å². The second-order valence-electron chi connectivity index (χ2n) is 2.75. The number of rotatable bonds is 3. The van der Waals surface area contributed by atoms with Crippen molar-refractivity contribution in [3.8, 4) is 0 Å². The topological polar surface area (TPSA) is 103 Å². The Kier molecular flexibility index (Phi) is 4.14. The first kappa shape index (κ1) is 10.7. The van der Waals surface area contributed by atoms with Gasteiger partial charge in [0.05, 0.1) is 26.3 Å². The Hall–Kier alpha value is -1.34. The third-order valence-corrected chi connectivity index (χ3v) is 1.59. The average molecular weight is 202 g/mol. The van der Waals surface area contributed by atoms with E-state index in [1.807, 2.05) is 0 Å². The summed E-state index contributed by atoms with van der Waals surface area (Å²) >= 11 is 0. The van der Waals surface area contributed by atoms with Crippen LogP contribution in [0.2, 0.25) is 0 Å². The van der Waals surface area contributed by atoms with Crippen LogP contribution in [0.3, 0.4) is 0 Å². The van der Waals surface area contributed by atoms with E-state index in [1.54, 1.807) is 0 Å². The van der Waals surface area contributed by atoms with Gasteiger partial charge in [0.15, 0.2) is 5.96 Å². The van der Waals surface area contributed by atoms with Crippen molar-refractivity contribution in [3.05, 3.63) is 0 Å². The molecule has 0 aromatic heterocycles. The molecule has 1 fully saturated rings. The standard InChI is InChI=1S/C7H14N4O3/c8-7(9)10-5-6(12)14-11-1-3-13-4-2-11/h1-5H2,(H4,8,9,10). The van der Waals surface area contributed by atoms with E-state index in [4.69, 9.17) is 21.0 Å². The highest BCUT2D eigenvalue weighted by Gasteiger charge is 2.14. The van der Waals surface area contributed by atoms with Gasteiger partial charge in [0.2, 0.25) is 0 Å². The minimum atomic E-state index is -0.472. The highest BCUT2D eigenvalue weighted by molar-refractivity contribution is 5.80. The molecule has 1 heterocycles. The maximum Gasteiger partial charge on any atom is 0.346 e. The summed E-state index contributed by atoms with van der Waals surface area (Å²) in [5, 5.41) is 1.54. The van der Waals surface area contributed by atoms with Crippen LogP contribution in [0.1, 0.15) is 0 Å². The summed E-state index contributed by atoms with van der Waals surface area (Å²) in [5.74, 6) is -0.593. The lowest BCUT2D eigenvalue weighted by Gasteiger charge is -2.24. The van der Waals surface area contributed by atoms with Crippen LogP contribution in [0.4, 0.5) is 0 Å². The molecule has 80 valence electrons. The van der Waals surface area contributed by atoms with Gasteiger partial charge in [-0.05, 0) is 0 Å². The minimum absolute atomic E-state index is 0.121. The van der Waals surface area contributed by atoms with Crippen LogP contribution in [0.25, 0.3) is 0 Å². The van der Waals surface area contributed by atoms with Crippen molar-refractivity contribution < 1.29 is 14.4 Å². The smallest absolute Gasteiger partial charge is 0.346 e. The van der Waals surface area contributed by atoms with Crippen LogP contribution in [0, 0.1) is 0 Å². The van der Waals surface area contributed by atoms with E-state index in [0.717, 1.165) is 0 Å². The molecule has 0 atom stereocenters. The van der Waals surface area contributed by atoms with Gasteiger partial charge in [-0.25, -0.2) is 9.79 Å². The van der Waals surface area contributed by atoms with E-state index < -0.39 is 5.97 Å². The van der Waals surface area contributed by atoms with Gasteiger partial charge in [-0.3, -0.25) is 0 Å². The molecule has 0 amide bonds. The molecule has 0 radical (unpaired) electrons. The zero-order chi connectivity index (χ0) is 10.4. The first-order valence-corrected chi connectivity index (χ1v) is 4.27. The number of morpholine rings is 1. The Morgan fingerprint density at radius 1 is 1.43 bits per heavy atom. The Bertz CT molecular complexity index is 221. The monoisotopic (exact) mass is 202 g/mol. The number of guanidine groups is 1. The van der Waals surface area contributed by atoms with Crippen LogP contribution in [0.15, 0.2) is 4.99 Å². The maximum atomic E-state index is 11.1. The molecule has 1 saturated heterocycles. The van der Waals surface area contributed by atoms with Crippen molar-refractivity contribution in [2.45, 2.75) is 0 Å². The Morgan fingerprint density at radius 3 is 2.64 bits per heavy atom. The largest absolute Gasteiger partial charge is 0.379 e. The van der Waals surface area contributed by atoms with Crippen molar-refractivity contribution in [1.29, 1.82) is 0 Å². The first-order chi connectivity index (χ1) is 6.68. The first-order valence-electron chi connectivity index (χ1n) is 4.27. The molecule has 7 nitrogen and oxygen atoms in total. The van der Waals surface area contributed by atoms with Crippen molar-refractivity contribution >= 4 is 11.9 Å². The van der Waals surface area contributed by atoms with Crippen LogP contribution in [-0.2, 0) is 14.4 Å². The molecule has 0 saturated carbocycles. The van der Waals surface area contributed by atoms with E-state index in [9.17, 15) is 4.79 Å². The van der Waals surface area contributed by atoms with E-state index in [2.05, 4.69) is 4.99 Å². The summed E-state index contributed by atoms with van der Waals surface area (Å²) < 4.78 is 5.08. The number of carbonyl (C=O) groups excluding carboxylic acids is 1. The Balaban J connectivity index is 2.22. The number of nitrogens with zero attached hydrogens (tertiary/aromatic N) is 2. The van der Waals surface area contributed by atoms with Crippen molar-refractivity contribution in [2.24, 2.45) is 16.5 Å². The number of nitrogens with two attached hydrogens (primary N) is 2. The molecule has 0 aromatic carbocycles. The van der Waals surface area contributed by atoms with Crippen LogP contribution in [-0.4, -0.2) is 49.8 Å². The van der Waals surface area contributed by atoms with Gasteiger partial charge >= 0.3 is 5.97 Å². The van der Waals surface area contributed by atoms with Gasteiger partial charge < -0.3 is 21.0 Å². The van der Waals surface area contributed by atoms with E-state index >= 15 is 0 Å². The predicted octanol–water partition coefficient (Wildman–Crippen LogP) is -1.95. The normalized spacial score (nSPS) is 17.4. The fraction of sp³-hybridized carbons (Fsp3) is 0.714. The maximum absolute atomic E-state index is 11.1. The highest BCUT2D eigenvalue weighted by atomic mass is 16.7. The number of hydrogen-bond donors (Lipinski definition) is 2. The quantitative estimate of drug-likeness (QED) is 0.407. The number of hydroxylamine groups is 2. The van der Waals surface area contributed by atoms with Gasteiger partial charge in [-0.1, -0.05) is 0 Å². The predicted molar refractivity (Wildman–Crippen MR) is 49.2 cm³/mol. The molecule has 0 aliphatic carbocycles. The van der Waals surface area contributed by atoms with Gasteiger partial charge in [0.25, 0.3) is 0 Å². The molecular formula is C7H14N4O3. The molecule has 14 heavy (non-hydrogen) atoms. The third-order valence-electron chi connectivity index (χ3n) is 1.59. The SMILES string of the molecule is NC(N)=NCC(=O)ON1CCOCC1. The zero-order valence-corrected chi connectivity index (χ0v) is 7.81. The lowest BCUT2D eigenvalue weighted by molar-refractivity contribution is -0.203. The Labute approximate surface area is 81.6 Å². The third kappa shape index (κ3) is 4.06. The number of ether oxygens (including phenoxy) is 1. The number of aliphatic imine (C=N–C) groups is 1. The highest BCUT2D eigenvalue weighted by Crippen LogP contribution is 1.97. The minimum Gasteiger partial charge on any atom is -0.379 e. The zero-order valence-electron chi connectivity index (χ0n) is 7.81. The number of carbonyl (C=O) groups is 1. The summed E-state index contributed by atoms with van der Waals surface area (Å²) in [5.41, 5.74) is 10.1. The molecule has 1 aliphatic heterocycles. The molecule has 0 spiro atoms. The van der Waals surface area contributed by atoms with Crippen LogP contribution in [0.5, 0.6) is 0 Å². The van der Waals surface area contributed by atoms with Crippen molar-refractivity contribution in [3.63, 3.8) is 0 Å². The lowest BCUT2D eigenvalue weighted by atomic mass is 10.5. The molecule has 0 aromatic rings. The molecule has 0 bridgehead atoms. The van der Waals surface area contributed by atoms with Gasteiger partial charge in [-0.15, -0.1) is 5.06 Å². The fourth-order valence-electron chi connectivity index (χ4n) is 0.967. The van der Waals surface area contributed by atoms with E-state index in [0.29, 0.717) is 26.3 Å². The second kappa shape index (κ2) is 5.40. The molecule has 0 unspecified atom stereocenters. The van der Waals surface area contributed by atoms with Gasteiger partial charge in [-0.2, -0.15) is 0 Å². The average Bonchev–Trinajstić information content (AvgIpc) is 2.16. The van der Waals surface area contributed by atoms with Crippen molar-refractivity contribution in [2.75, 3.05) is 32.8 Å². The van der Waals surface area contributed by atoms with Gasteiger partial charge in [0, 0.05) is 0 Å². The summed E-state index contributed by atoms with van der Waals surface area (Å²) in [6.45, 7) is 2.13. The Morgan fingerprint density at radius 2 is 2.07 bits per heavy atom. The summed E-state index contributed by atoms with van der Waals surface area (Å²) in [7, 11) is 0. The second-order valence-corrected chi connectivity index (χ2v) is 2.75. The lowest BCUT2D eigenvalue weighted by Crippen LogP contribution is -2.38. The number of hydrogen-bond acceptors (Lipinski definition) is 5. The molecule has 4 N–H and O–H groups in total. The van der Waals surface area contributed by atoms with Crippen LogP contribution >= 0.6 is 0 Å².